The van der Waals surface area contributed by atoms with Gasteiger partial charge in [-0.25, -0.2) is 0 Å². The molecule has 190 valence electrons. The van der Waals surface area contributed by atoms with Crippen molar-refractivity contribution < 1.29 is 0 Å². The lowest BCUT2D eigenvalue weighted by atomic mass is 9.52. The Morgan fingerprint density at radius 2 is 1.02 bits per heavy atom. The van der Waals surface area contributed by atoms with E-state index in [4.69, 9.17) is 11.6 Å². The summed E-state index contributed by atoms with van der Waals surface area (Å²) in [5.41, 5.74) is 13.8. The van der Waals surface area contributed by atoms with E-state index in [1.54, 1.807) is 0 Å². The average Bonchev–Trinajstić information content (AvgIpc) is 3.43. The highest BCUT2D eigenvalue weighted by molar-refractivity contribution is 6.32. The van der Waals surface area contributed by atoms with E-state index in [9.17, 15) is 0 Å². The highest BCUT2D eigenvalue weighted by Crippen LogP contribution is 2.68. The summed E-state index contributed by atoms with van der Waals surface area (Å²) in [6.07, 6.45) is 6.47. The Morgan fingerprint density at radius 3 is 1.62 bits per heavy atom. The zero-order valence-corrected chi connectivity index (χ0v) is 23.0. The lowest BCUT2D eigenvalue weighted by Crippen LogP contribution is -2.44. The van der Waals surface area contributed by atoms with E-state index in [-0.39, 0.29) is 0 Å². The van der Waals surface area contributed by atoms with Gasteiger partial charge in [-0.3, -0.25) is 0 Å². The van der Waals surface area contributed by atoms with E-state index in [1.807, 2.05) is 0 Å². The maximum atomic E-state index is 7.43. The van der Waals surface area contributed by atoms with Gasteiger partial charge in [-0.1, -0.05) is 146 Å². The van der Waals surface area contributed by atoms with Gasteiger partial charge in [-0.2, -0.15) is 0 Å². The fraction of sp³-hybridized carbons (Fsp3) is 0.0769. The van der Waals surface area contributed by atoms with Crippen molar-refractivity contribution in [1.29, 1.82) is 0 Å². The molecular formula is C39H27Cl. The van der Waals surface area contributed by atoms with Crippen molar-refractivity contribution in [3.8, 4) is 11.1 Å². The predicted molar refractivity (Wildman–Crippen MR) is 167 cm³/mol. The van der Waals surface area contributed by atoms with Crippen LogP contribution in [-0.4, -0.2) is 0 Å². The Labute approximate surface area is 240 Å². The first-order chi connectivity index (χ1) is 19.7. The van der Waals surface area contributed by atoms with Crippen LogP contribution in [0.25, 0.3) is 16.7 Å². The van der Waals surface area contributed by atoms with Gasteiger partial charge in [-0.05, 0) is 79.8 Å². The summed E-state index contributed by atoms with van der Waals surface area (Å²) >= 11 is 7.43. The molecular weight excluding hydrogens is 504 g/mol. The van der Waals surface area contributed by atoms with Crippen molar-refractivity contribution in [2.45, 2.75) is 17.8 Å². The summed E-state index contributed by atoms with van der Waals surface area (Å²) in [6, 6.07) is 42.1. The van der Waals surface area contributed by atoms with Crippen LogP contribution >= 0.6 is 11.6 Å². The molecule has 8 rings (SSSR count). The smallest absolute Gasteiger partial charge is 0.0734 e. The molecule has 0 saturated carbocycles. The Morgan fingerprint density at radius 1 is 0.550 bits per heavy atom. The minimum atomic E-state index is -0.588. The van der Waals surface area contributed by atoms with Crippen molar-refractivity contribution in [1.82, 2.24) is 0 Å². The van der Waals surface area contributed by atoms with Crippen molar-refractivity contribution >= 4 is 17.2 Å². The topological polar surface area (TPSA) is 0 Å². The van der Waals surface area contributed by atoms with Crippen molar-refractivity contribution in [2.24, 2.45) is 0 Å². The van der Waals surface area contributed by atoms with E-state index < -0.39 is 10.8 Å². The maximum absolute atomic E-state index is 7.43. The van der Waals surface area contributed by atoms with E-state index in [1.165, 1.54) is 55.6 Å². The summed E-state index contributed by atoms with van der Waals surface area (Å²) in [6.45, 7) is 6.73. The van der Waals surface area contributed by atoms with Gasteiger partial charge >= 0.3 is 0 Å². The highest BCUT2D eigenvalue weighted by Gasteiger charge is 2.60. The van der Waals surface area contributed by atoms with Crippen LogP contribution in [0, 0.1) is 0 Å². The van der Waals surface area contributed by atoms with E-state index in [0.717, 1.165) is 16.2 Å². The normalized spacial score (nSPS) is 20.1. The zero-order valence-electron chi connectivity index (χ0n) is 22.3. The molecule has 0 aromatic heterocycles. The van der Waals surface area contributed by atoms with Gasteiger partial charge in [0.15, 0.2) is 0 Å². The summed E-state index contributed by atoms with van der Waals surface area (Å²) in [4.78, 5) is 0. The van der Waals surface area contributed by atoms with Crippen LogP contribution in [-0.2, 0) is 10.8 Å². The average molecular weight is 531 g/mol. The van der Waals surface area contributed by atoms with Gasteiger partial charge in [0.25, 0.3) is 0 Å². The Balaban J connectivity index is 1.64. The van der Waals surface area contributed by atoms with Crippen molar-refractivity contribution in [2.75, 3.05) is 0 Å². The zero-order chi connectivity index (χ0) is 27.1. The van der Waals surface area contributed by atoms with E-state index >= 15 is 0 Å². The number of fused-ring (bicyclic) bond motifs is 13. The number of rotatable bonds is 1. The first kappa shape index (κ1) is 23.5. The van der Waals surface area contributed by atoms with Crippen LogP contribution in [0.2, 0.25) is 5.02 Å². The predicted octanol–water partition coefficient (Wildman–Crippen LogP) is 9.88. The van der Waals surface area contributed by atoms with Crippen molar-refractivity contribution in [3.63, 3.8) is 0 Å². The molecule has 0 nitrogen and oxygen atoms in total. The number of hydrogen-bond donors (Lipinski definition) is 0. The van der Waals surface area contributed by atoms with E-state index in [2.05, 4.69) is 147 Å². The number of hydrogen-bond acceptors (Lipinski definition) is 0. The number of halogens is 1. The van der Waals surface area contributed by atoms with Crippen LogP contribution in [0.3, 0.4) is 0 Å². The van der Waals surface area contributed by atoms with Crippen molar-refractivity contribution in [3.05, 3.63) is 195 Å². The molecule has 0 aliphatic heterocycles. The number of allylic oxidation sites excluding steroid dienone is 5. The van der Waals surface area contributed by atoms with Gasteiger partial charge < -0.3 is 0 Å². The molecule has 1 heteroatoms. The second-order valence-electron chi connectivity index (χ2n) is 10.9. The third kappa shape index (κ3) is 2.58. The Hall–Kier alpha value is -4.39. The molecule has 0 fully saturated rings. The largest absolute Gasteiger partial charge is 0.0908 e. The molecule has 0 heterocycles. The SMILES string of the molecule is C=C1/C(=C\C=C/C)C2(c3ccccc31)c1ccccc1C1(c3ccccc3-c3ccccc31)c1cccc(Cl)c12. The van der Waals surface area contributed by atoms with Crippen LogP contribution in [0.5, 0.6) is 0 Å². The molecule has 0 bridgehead atoms. The van der Waals surface area contributed by atoms with Gasteiger partial charge in [-0.15, -0.1) is 0 Å². The minimum absolute atomic E-state index is 0.486. The molecule has 0 radical (unpaired) electrons. The molecule has 0 amide bonds. The quantitative estimate of drug-likeness (QED) is 0.198. The molecule has 5 aromatic carbocycles. The lowest BCUT2D eigenvalue weighted by Gasteiger charge is -2.49. The molecule has 1 atom stereocenters. The summed E-state index contributed by atoms with van der Waals surface area (Å²) < 4.78 is 0. The van der Waals surface area contributed by atoms with Crippen LogP contribution < -0.4 is 0 Å². The molecule has 3 aliphatic carbocycles. The van der Waals surface area contributed by atoms with Crippen LogP contribution in [0.1, 0.15) is 51.4 Å². The molecule has 3 aliphatic rings. The highest BCUT2D eigenvalue weighted by atomic mass is 35.5. The van der Waals surface area contributed by atoms with Crippen LogP contribution in [0.4, 0.5) is 0 Å². The second-order valence-corrected chi connectivity index (χ2v) is 11.3. The first-order valence-corrected chi connectivity index (χ1v) is 14.3. The fourth-order valence-corrected chi connectivity index (χ4v) is 8.33. The number of benzene rings is 5. The second kappa shape index (κ2) is 8.31. The minimum Gasteiger partial charge on any atom is -0.0908 e. The standard InChI is InChI=1S/C39H27Cl/c1-3-4-17-29-25(2)26-14-5-8-18-30(26)39(29)34-22-12-11-21-33(34)38(35-23-13-24-36(40)37(35)39)31-19-9-6-15-27(31)28-16-7-10-20-32(28)38/h3-24H,2H2,1H3/b4-3-,29-17+. The maximum Gasteiger partial charge on any atom is 0.0734 e. The fourth-order valence-electron chi connectivity index (χ4n) is 8.02. The van der Waals surface area contributed by atoms with Gasteiger partial charge in [0, 0.05) is 5.02 Å². The van der Waals surface area contributed by atoms with Gasteiger partial charge in [0.05, 0.1) is 10.8 Å². The van der Waals surface area contributed by atoms with Gasteiger partial charge in [0.2, 0.25) is 0 Å². The molecule has 5 aromatic rings. The first-order valence-electron chi connectivity index (χ1n) is 13.9. The van der Waals surface area contributed by atoms with Crippen LogP contribution in [0.15, 0.2) is 146 Å². The Bertz CT molecular complexity index is 1910. The van der Waals surface area contributed by atoms with Gasteiger partial charge in [0.1, 0.15) is 0 Å². The monoisotopic (exact) mass is 530 g/mol. The van der Waals surface area contributed by atoms with E-state index in [0.29, 0.717) is 0 Å². The molecule has 0 saturated heterocycles. The molecule has 1 unspecified atom stereocenters. The molecule has 0 N–H and O–H groups in total. The third-order valence-electron chi connectivity index (χ3n) is 9.32. The molecule has 2 spiro atoms. The third-order valence-corrected chi connectivity index (χ3v) is 9.64. The lowest BCUT2D eigenvalue weighted by molar-refractivity contribution is 0.633. The summed E-state index contributed by atoms with van der Waals surface area (Å²) in [5, 5.41) is 0.782. The summed E-state index contributed by atoms with van der Waals surface area (Å²) in [5.74, 6) is 0. The molecule has 40 heavy (non-hydrogen) atoms. The summed E-state index contributed by atoms with van der Waals surface area (Å²) in [7, 11) is 0. The Kier molecular flexibility index (Phi) is 4.88.